The van der Waals surface area contributed by atoms with Gasteiger partial charge in [0, 0.05) is 0 Å². The molecule has 2 N–H and O–H groups in total. The highest BCUT2D eigenvalue weighted by molar-refractivity contribution is 5.65. The molecule has 1 rings (SSSR count). The second kappa shape index (κ2) is 4.62. The van der Waals surface area contributed by atoms with Gasteiger partial charge in [-0.1, -0.05) is 0 Å². The number of ether oxygens (including phenoxy) is 1. The first-order valence-corrected chi connectivity index (χ1v) is 4.62. The summed E-state index contributed by atoms with van der Waals surface area (Å²) in [6.07, 6.45) is -1.62. The molecule has 0 radical (unpaired) electrons. The monoisotopic (exact) mass is 222 g/mol. The number of carbonyl (C=O) groups is 1. The molecule has 0 fully saturated rings. The predicted molar refractivity (Wildman–Crippen MR) is 54.9 cm³/mol. The Hall–Kier alpha value is -2.09. The molecule has 1 aromatic rings. The summed E-state index contributed by atoms with van der Waals surface area (Å²) in [7, 11) is 0. The molecule has 5 heteroatoms. The highest BCUT2D eigenvalue weighted by Crippen LogP contribution is 2.24. The maximum Gasteiger partial charge on any atom is 0.405 e. The van der Waals surface area contributed by atoms with Gasteiger partial charge in [0.05, 0.1) is 11.6 Å². The van der Waals surface area contributed by atoms with E-state index in [1.807, 2.05) is 6.07 Å². The number of halogens is 1. The molecule has 1 unspecified atom stereocenters. The largest absolute Gasteiger partial charge is 0.442 e. The number of nitrogens with two attached hydrogens (primary N) is 1. The average molecular weight is 222 g/mol. The Kier molecular flexibility index (Phi) is 3.46. The molecule has 1 atom stereocenters. The van der Waals surface area contributed by atoms with Gasteiger partial charge in [0.25, 0.3) is 0 Å². The molecule has 0 aliphatic carbocycles. The lowest BCUT2D eigenvalue weighted by Gasteiger charge is -2.15. The second-order valence-electron chi connectivity index (χ2n) is 3.36. The Balaban J connectivity index is 3.18. The van der Waals surface area contributed by atoms with E-state index in [2.05, 4.69) is 0 Å². The van der Waals surface area contributed by atoms with Crippen LogP contribution in [0.25, 0.3) is 0 Å². The summed E-state index contributed by atoms with van der Waals surface area (Å²) in [5.74, 6) is -0.544. The van der Waals surface area contributed by atoms with Crippen LogP contribution >= 0.6 is 0 Å². The van der Waals surface area contributed by atoms with Gasteiger partial charge in [0.1, 0.15) is 11.9 Å². The Morgan fingerprint density at radius 1 is 1.62 bits per heavy atom. The summed E-state index contributed by atoms with van der Waals surface area (Å²) in [6, 6.07) is 4.23. The van der Waals surface area contributed by atoms with Crippen molar-refractivity contribution >= 4 is 6.09 Å². The summed E-state index contributed by atoms with van der Waals surface area (Å²) in [4.78, 5) is 10.6. The minimum atomic E-state index is -0.935. The van der Waals surface area contributed by atoms with Crippen LogP contribution in [0.15, 0.2) is 12.1 Å². The van der Waals surface area contributed by atoms with Crippen molar-refractivity contribution in [3.8, 4) is 6.07 Å². The van der Waals surface area contributed by atoms with Crippen LogP contribution in [0, 0.1) is 24.1 Å². The van der Waals surface area contributed by atoms with Crippen LogP contribution in [0.2, 0.25) is 0 Å². The van der Waals surface area contributed by atoms with E-state index in [1.54, 1.807) is 13.8 Å². The van der Waals surface area contributed by atoms with Crippen LogP contribution in [0.1, 0.15) is 29.7 Å². The Bertz CT molecular complexity index is 466. The van der Waals surface area contributed by atoms with Gasteiger partial charge in [-0.2, -0.15) is 5.26 Å². The molecular formula is C11H11FN2O2. The van der Waals surface area contributed by atoms with Crippen molar-refractivity contribution in [1.82, 2.24) is 0 Å². The predicted octanol–water partition coefficient (Wildman–Crippen LogP) is 2.16. The minimum absolute atomic E-state index is 0.218. The number of nitrogens with zero attached hydrogens (tertiary/aromatic N) is 1. The maximum atomic E-state index is 13.2. The van der Waals surface area contributed by atoms with Crippen LogP contribution in [-0.4, -0.2) is 6.09 Å². The average Bonchev–Trinajstić information content (AvgIpc) is 2.19. The Labute approximate surface area is 92.4 Å². The standard InChI is InChI=1S/C11H11FN2O2/c1-6-8(5-13)3-9(12)4-10(6)7(2)16-11(14)15/h3-4,7H,1-2H3,(H2,14,15). The van der Waals surface area contributed by atoms with Crippen molar-refractivity contribution in [2.75, 3.05) is 0 Å². The van der Waals surface area contributed by atoms with Crippen LogP contribution in [0.4, 0.5) is 9.18 Å². The van der Waals surface area contributed by atoms with Gasteiger partial charge in [0.15, 0.2) is 0 Å². The number of amides is 1. The fraction of sp³-hybridized carbons (Fsp3) is 0.273. The molecule has 16 heavy (non-hydrogen) atoms. The van der Waals surface area contributed by atoms with E-state index in [1.165, 1.54) is 6.07 Å². The van der Waals surface area contributed by atoms with E-state index in [0.29, 0.717) is 11.1 Å². The molecule has 0 saturated heterocycles. The van der Waals surface area contributed by atoms with E-state index >= 15 is 0 Å². The van der Waals surface area contributed by atoms with Crippen molar-refractivity contribution in [2.24, 2.45) is 5.73 Å². The van der Waals surface area contributed by atoms with Crippen molar-refractivity contribution < 1.29 is 13.9 Å². The van der Waals surface area contributed by atoms with Gasteiger partial charge in [-0.3, -0.25) is 0 Å². The number of carbonyl (C=O) groups excluding carboxylic acids is 1. The van der Waals surface area contributed by atoms with E-state index in [0.717, 1.165) is 6.07 Å². The molecule has 0 aromatic heterocycles. The summed E-state index contributed by atoms with van der Waals surface area (Å²) in [6.45, 7) is 3.22. The van der Waals surface area contributed by atoms with Crippen LogP contribution in [0.5, 0.6) is 0 Å². The van der Waals surface area contributed by atoms with Crippen molar-refractivity contribution in [1.29, 1.82) is 5.26 Å². The summed E-state index contributed by atoms with van der Waals surface area (Å²) >= 11 is 0. The molecule has 0 heterocycles. The Morgan fingerprint density at radius 3 is 2.75 bits per heavy atom. The summed E-state index contributed by atoms with van der Waals surface area (Å²) in [5.41, 5.74) is 6.11. The normalized spacial score (nSPS) is 11.6. The third-order valence-electron chi connectivity index (χ3n) is 2.26. The highest BCUT2D eigenvalue weighted by Gasteiger charge is 2.15. The lowest BCUT2D eigenvalue weighted by atomic mass is 9.99. The molecule has 0 saturated carbocycles. The first-order valence-electron chi connectivity index (χ1n) is 4.62. The first-order chi connectivity index (χ1) is 7.45. The Morgan fingerprint density at radius 2 is 2.25 bits per heavy atom. The topological polar surface area (TPSA) is 76.1 Å². The quantitative estimate of drug-likeness (QED) is 0.832. The first kappa shape index (κ1) is 12.0. The fourth-order valence-corrected chi connectivity index (χ4v) is 1.48. The second-order valence-corrected chi connectivity index (χ2v) is 3.36. The lowest BCUT2D eigenvalue weighted by molar-refractivity contribution is 0.116. The van der Waals surface area contributed by atoms with Crippen molar-refractivity contribution in [2.45, 2.75) is 20.0 Å². The van der Waals surface area contributed by atoms with E-state index in [9.17, 15) is 9.18 Å². The molecule has 1 amide bonds. The van der Waals surface area contributed by atoms with Crippen molar-refractivity contribution in [3.63, 3.8) is 0 Å². The van der Waals surface area contributed by atoms with Gasteiger partial charge in [-0.25, -0.2) is 9.18 Å². The molecular weight excluding hydrogens is 211 g/mol. The number of rotatable bonds is 2. The fourth-order valence-electron chi connectivity index (χ4n) is 1.48. The van der Waals surface area contributed by atoms with Gasteiger partial charge in [0.2, 0.25) is 0 Å². The maximum absolute atomic E-state index is 13.2. The SMILES string of the molecule is Cc1c(C#N)cc(F)cc1C(C)OC(N)=O. The third-order valence-corrected chi connectivity index (χ3v) is 2.26. The van der Waals surface area contributed by atoms with E-state index < -0.39 is 18.0 Å². The van der Waals surface area contributed by atoms with E-state index in [4.69, 9.17) is 15.7 Å². The number of nitriles is 1. The van der Waals surface area contributed by atoms with Crippen LogP contribution in [-0.2, 0) is 4.74 Å². The summed E-state index contributed by atoms with van der Waals surface area (Å²) < 4.78 is 17.9. The molecule has 0 bridgehead atoms. The van der Waals surface area contributed by atoms with Gasteiger partial charge in [-0.15, -0.1) is 0 Å². The van der Waals surface area contributed by atoms with Gasteiger partial charge >= 0.3 is 6.09 Å². The van der Waals surface area contributed by atoms with Gasteiger partial charge < -0.3 is 10.5 Å². The van der Waals surface area contributed by atoms with Crippen LogP contribution in [0.3, 0.4) is 0 Å². The van der Waals surface area contributed by atoms with E-state index in [-0.39, 0.29) is 5.56 Å². The molecule has 0 aliphatic heterocycles. The molecule has 1 aromatic carbocycles. The molecule has 84 valence electrons. The van der Waals surface area contributed by atoms with Crippen LogP contribution < -0.4 is 5.73 Å². The number of benzene rings is 1. The molecule has 0 aliphatic rings. The number of hydrogen-bond donors (Lipinski definition) is 1. The van der Waals surface area contributed by atoms with Gasteiger partial charge in [-0.05, 0) is 37.1 Å². The summed E-state index contributed by atoms with van der Waals surface area (Å²) in [5, 5.41) is 8.78. The minimum Gasteiger partial charge on any atom is -0.442 e. The zero-order valence-corrected chi connectivity index (χ0v) is 8.95. The number of hydrogen-bond acceptors (Lipinski definition) is 3. The zero-order valence-electron chi connectivity index (χ0n) is 8.95. The third kappa shape index (κ3) is 2.48. The zero-order chi connectivity index (χ0) is 12.3. The highest BCUT2D eigenvalue weighted by atomic mass is 19.1. The lowest BCUT2D eigenvalue weighted by Crippen LogP contribution is -2.16. The molecule has 0 spiro atoms. The van der Waals surface area contributed by atoms with Crippen molar-refractivity contribution in [3.05, 3.63) is 34.6 Å². The molecule has 4 nitrogen and oxygen atoms in total. The number of primary amides is 1. The smallest absolute Gasteiger partial charge is 0.405 e.